The molecular formula is C29H33NO2. The van der Waals surface area contributed by atoms with Crippen molar-refractivity contribution in [3.8, 4) is 16.9 Å². The minimum atomic E-state index is -0.848. The Labute approximate surface area is 192 Å². The molecule has 1 atom stereocenters. The Kier molecular flexibility index (Phi) is 6.66. The minimum Gasteiger partial charge on any atom is -0.497 e. The molecule has 0 aliphatic carbocycles. The van der Waals surface area contributed by atoms with E-state index in [1.54, 1.807) is 7.11 Å². The zero-order chi connectivity index (χ0) is 22.6. The van der Waals surface area contributed by atoms with Crippen LogP contribution in [0.5, 0.6) is 5.75 Å². The molecule has 4 rings (SSSR count). The Morgan fingerprint density at radius 3 is 2.41 bits per heavy atom. The lowest BCUT2D eigenvalue weighted by molar-refractivity contribution is -0.0198. The number of rotatable bonds is 7. The van der Waals surface area contributed by atoms with Crippen molar-refractivity contribution in [2.45, 2.75) is 31.8 Å². The number of aliphatic hydroxyl groups is 1. The molecule has 1 aliphatic rings. The van der Waals surface area contributed by atoms with Gasteiger partial charge < -0.3 is 14.7 Å². The van der Waals surface area contributed by atoms with Gasteiger partial charge in [-0.1, -0.05) is 80.2 Å². The van der Waals surface area contributed by atoms with Crippen LogP contribution >= 0.6 is 0 Å². The van der Waals surface area contributed by atoms with E-state index >= 15 is 0 Å². The summed E-state index contributed by atoms with van der Waals surface area (Å²) < 4.78 is 5.41. The van der Waals surface area contributed by atoms with Gasteiger partial charge >= 0.3 is 0 Å². The molecule has 0 bridgehead atoms. The van der Waals surface area contributed by atoms with Crippen LogP contribution in [-0.2, 0) is 12.0 Å². The number of piperidine rings is 1. The molecule has 3 nitrogen and oxygen atoms in total. The summed E-state index contributed by atoms with van der Waals surface area (Å²) >= 11 is 0. The summed E-state index contributed by atoms with van der Waals surface area (Å²) in [5.74, 6) is 1.19. The van der Waals surface area contributed by atoms with Gasteiger partial charge in [0.1, 0.15) is 5.75 Å². The average molecular weight is 428 g/mol. The van der Waals surface area contributed by atoms with Crippen molar-refractivity contribution in [1.82, 2.24) is 4.90 Å². The fraction of sp³-hybridized carbons (Fsp3) is 0.310. The van der Waals surface area contributed by atoms with Crippen LogP contribution in [0.4, 0.5) is 0 Å². The molecule has 1 heterocycles. The van der Waals surface area contributed by atoms with Gasteiger partial charge in [0.25, 0.3) is 0 Å². The van der Waals surface area contributed by atoms with Gasteiger partial charge in [0.15, 0.2) is 0 Å². The van der Waals surface area contributed by atoms with Crippen molar-refractivity contribution in [3.63, 3.8) is 0 Å². The van der Waals surface area contributed by atoms with Gasteiger partial charge in [-0.3, -0.25) is 0 Å². The van der Waals surface area contributed by atoms with Crippen LogP contribution < -0.4 is 4.74 Å². The predicted molar refractivity (Wildman–Crippen MR) is 132 cm³/mol. The molecule has 1 fully saturated rings. The Morgan fingerprint density at radius 1 is 1.00 bits per heavy atom. The summed E-state index contributed by atoms with van der Waals surface area (Å²) in [6, 6.07) is 26.8. The van der Waals surface area contributed by atoms with Gasteiger partial charge in [-0.05, 0) is 59.6 Å². The highest BCUT2D eigenvalue weighted by Gasteiger charge is 2.36. The van der Waals surface area contributed by atoms with E-state index < -0.39 is 5.60 Å². The first-order valence-electron chi connectivity index (χ1n) is 11.4. The summed E-state index contributed by atoms with van der Waals surface area (Å²) in [5.41, 5.74) is 4.78. The number of nitrogens with zero attached hydrogens (tertiary/aromatic N) is 1. The van der Waals surface area contributed by atoms with Gasteiger partial charge in [0.05, 0.1) is 12.7 Å². The molecule has 1 N–H and O–H groups in total. The number of methoxy groups -OCH3 is 1. The number of likely N-dealkylation sites (tertiary alicyclic amines) is 1. The normalized spacial score (nSPS) is 16.4. The van der Waals surface area contributed by atoms with Gasteiger partial charge in [-0.15, -0.1) is 0 Å². The van der Waals surface area contributed by atoms with E-state index in [0.717, 1.165) is 47.6 Å². The molecule has 3 aromatic carbocycles. The van der Waals surface area contributed by atoms with Crippen LogP contribution in [0.1, 0.15) is 30.9 Å². The lowest BCUT2D eigenvalue weighted by atomic mass is 9.80. The first-order valence-corrected chi connectivity index (χ1v) is 11.4. The number of benzene rings is 3. The second-order valence-electron chi connectivity index (χ2n) is 8.88. The van der Waals surface area contributed by atoms with E-state index in [1.807, 2.05) is 30.3 Å². The molecule has 0 aromatic heterocycles. The van der Waals surface area contributed by atoms with Crippen molar-refractivity contribution < 1.29 is 9.84 Å². The quantitative estimate of drug-likeness (QED) is 0.499. The zero-order valence-electron chi connectivity index (χ0n) is 19.1. The third kappa shape index (κ3) is 4.73. The molecule has 0 amide bonds. The highest BCUT2D eigenvalue weighted by atomic mass is 16.5. The lowest BCUT2D eigenvalue weighted by Crippen LogP contribution is -2.43. The minimum absolute atomic E-state index is 0.368. The van der Waals surface area contributed by atoms with E-state index in [-0.39, 0.29) is 0 Å². The van der Waals surface area contributed by atoms with E-state index in [0.29, 0.717) is 18.8 Å². The van der Waals surface area contributed by atoms with Crippen LogP contribution in [0, 0.1) is 5.92 Å². The molecule has 1 aliphatic heterocycles. The lowest BCUT2D eigenvalue weighted by Gasteiger charge is -2.42. The number of ether oxygens (including phenoxy) is 1. The second kappa shape index (κ2) is 9.62. The van der Waals surface area contributed by atoms with E-state index in [2.05, 4.69) is 66.9 Å². The van der Waals surface area contributed by atoms with Gasteiger partial charge in [0.2, 0.25) is 0 Å². The molecular weight excluding hydrogens is 394 g/mol. The van der Waals surface area contributed by atoms with Gasteiger partial charge in [-0.25, -0.2) is 0 Å². The van der Waals surface area contributed by atoms with Crippen LogP contribution in [0.25, 0.3) is 11.1 Å². The number of hydrogen-bond donors (Lipinski definition) is 1. The SMILES string of the molecule is C=C(C(C)Cc1ccccc1)N1CCC(O)(c2ccccc2-c2cccc(OC)c2)CC1. The molecule has 0 radical (unpaired) electrons. The standard InChI is InChI=1S/C29H33NO2/c1-22(20-24-10-5-4-6-11-24)23(2)30-18-16-29(31,17-19-30)28-15-8-7-14-27(28)25-12-9-13-26(21-25)32-3/h4-15,21-22,31H,2,16-20H2,1,3H3. The van der Waals surface area contributed by atoms with E-state index in [9.17, 15) is 5.11 Å². The predicted octanol–water partition coefficient (Wildman–Crippen LogP) is 6.04. The van der Waals surface area contributed by atoms with Crippen molar-refractivity contribution in [1.29, 1.82) is 0 Å². The summed E-state index contributed by atoms with van der Waals surface area (Å²) in [6.45, 7) is 8.27. The van der Waals surface area contributed by atoms with Crippen molar-refractivity contribution in [3.05, 3.63) is 102 Å². The smallest absolute Gasteiger partial charge is 0.119 e. The molecule has 0 spiro atoms. The van der Waals surface area contributed by atoms with E-state index in [4.69, 9.17) is 4.74 Å². The maximum absolute atomic E-state index is 11.7. The van der Waals surface area contributed by atoms with Gasteiger partial charge in [0, 0.05) is 18.8 Å². The summed E-state index contributed by atoms with van der Waals surface area (Å²) in [7, 11) is 1.68. The van der Waals surface area contributed by atoms with E-state index in [1.165, 1.54) is 5.56 Å². The van der Waals surface area contributed by atoms with Crippen LogP contribution in [0.15, 0.2) is 91.1 Å². The van der Waals surface area contributed by atoms with Gasteiger partial charge in [-0.2, -0.15) is 0 Å². The molecule has 0 saturated carbocycles. The molecule has 3 aromatic rings. The molecule has 1 saturated heterocycles. The molecule has 3 heteroatoms. The van der Waals surface area contributed by atoms with Crippen molar-refractivity contribution >= 4 is 0 Å². The summed E-state index contributed by atoms with van der Waals surface area (Å²) in [6.07, 6.45) is 2.36. The third-order valence-corrected chi connectivity index (χ3v) is 6.76. The third-order valence-electron chi connectivity index (χ3n) is 6.76. The number of hydrogen-bond acceptors (Lipinski definition) is 3. The zero-order valence-corrected chi connectivity index (χ0v) is 19.1. The monoisotopic (exact) mass is 427 g/mol. The maximum Gasteiger partial charge on any atom is 0.119 e. The number of allylic oxidation sites excluding steroid dienone is 1. The Balaban J connectivity index is 1.48. The van der Waals surface area contributed by atoms with Crippen LogP contribution in [-0.4, -0.2) is 30.2 Å². The van der Waals surface area contributed by atoms with Crippen LogP contribution in [0.3, 0.4) is 0 Å². The fourth-order valence-electron chi connectivity index (χ4n) is 4.76. The molecule has 1 unspecified atom stereocenters. The summed E-state index contributed by atoms with van der Waals surface area (Å²) in [4.78, 5) is 2.36. The maximum atomic E-state index is 11.7. The Hall–Kier alpha value is -3.04. The van der Waals surface area contributed by atoms with Crippen molar-refractivity contribution in [2.75, 3.05) is 20.2 Å². The largest absolute Gasteiger partial charge is 0.497 e. The molecule has 32 heavy (non-hydrogen) atoms. The Morgan fingerprint density at radius 2 is 1.69 bits per heavy atom. The average Bonchev–Trinajstić information content (AvgIpc) is 2.85. The molecule has 166 valence electrons. The second-order valence-corrected chi connectivity index (χ2v) is 8.88. The van der Waals surface area contributed by atoms with Crippen molar-refractivity contribution in [2.24, 2.45) is 5.92 Å². The Bertz CT molecular complexity index is 1050. The topological polar surface area (TPSA) is 32.7 Å². The van der Waals surface area contributed by atoms with Crippen LogP contribution in [0.2, 0.25) is 0 Å². The highest BCUT2D eigenvalue weighted by Crippen LogP contribution is 2.40. The highest BCUT2D eigenvalue weighted by molar-refractivity contribution is 5.70. The fourth-order valence-corrected chi connectivity index (χ4v) is 4.76. The first-order chi connectivity index (χ1) is 15.5. The first kappa shape index (κ1) is 22.2. The summed E-state index contributed by atoms with van der Waals surface area (Å²) in [5, 5.41) is 11.7.